The van der Waals surface area contributed by atoms with Gasteiger partial charge in [0.15, 0.2) is 0 Å². The molecular weight excluding hydrogens is 508 g/mol. The van der Waals surface area contributed by atoms with Gasteiger partial charge in [0, 0.05) is 25.0 Å². The molecule has 1 heterocycles. The predicted octanol–water partition coefficient (Wildman–Crippen LogP) is 6.38. The molecule has 1 aliphatic heterocycles. The Kier molecular flexibility index (Phi) is 7.20. The summed E-state index contributed by atoms with van der Waals surface area (Å²) in [6.07, 6.45) is 1.86. The van der Waals surface area contributed by atoms with Gasteiger partial charge in [-0.05, 0) is 79.4 Å². The number of benzene rings is 3. The third kappa shape index (κ3) is 5.50. The Morgan fingerprint density at radius 1 is 0.933 bits per heavy atom. The van der Waals surface area contributed by atoms with Gasteiger partial charge in [0.1, 0.15) is 12.4 Å². The lowest BCUT2D eigenvalue weighted by Crippen LogP contribution is -2.36. The van der Waals surface area contributed by atoms with E-state index < -0.39 is 0 Å². The molecule has 30 heavy (non-hydrogen) atoms. The van der Waals surface area contributed by atoms with Gasteiger partial charge in [0.25, 0.3) is 0 Å². The molecule has 0 saturated carbocycles. The van der Waals surface area contributed by atoms with Crippen LogP contribution in [0.3, 0.4) is 0 Å². The van der Waals surface area contributed by atoms with Gasteiger partial charge in [-0.2, -0.15) is 0 Å². The molecule has 1 fully saturated rings. The topological polar surface area (TPSA) is 34.1 Å². The van der Waals surface area contributed by atoms with Crippen LogP contribution < -0.4 is 9.64 Å². The van der Waals surface area contributed by atoms with Crippen LogP contribution in [0.4, 0.5) is 11.4 Å². The fraction of sp³-hybridized carbons (Fsp3) is 0.208. The maximum atomic E-state index is 5.99. The summed E-state index contributed by atoms with van der Waals surface area (Å²) in [5.74, 6) is 0.783. The smallest absolute Gasteiger partial charge is 0.148 e. The summed E-state index contributed by atoms with van der Waals surface area (Å²) in [4.78, 5) is 6.95. The maximum absolute atomic E-state index is 5.99. The SMILES string of the molecule is Brc1cc(C=Nc2ccc(N3CCOCC3)cc2)cc(Br)c1OCc1ccccc1. The van der Waals surface area contributed by atoms with Crippen LogP contribution in [-0.4, -0.2) is 32.5 Å². The van der Waals surface area contributed by atoms with Crippen LogP contribution in [0.25, 0.3) is 0 Å². The second-order valence-corrected chi connectivity index (χ2v) is 8.67. The van der Waals surface area contributed by atoms with Crippen molar-refractivity contribution < 1.29 is 9.47 Å². The second kappa shape index (κ2) is 10.2. The van der Waals surface area contributed by atoms with E-state index in [0.717, 1.165) is 57.8 Å². The molecule has 4 rings (SSSR count). The van der Waals surface area contributed by atoms with E-state index in [1.54, 1.807) is 0 Å². The predicted molar refractivity (Wildman–Crippen MR) is 129 cm³/mol. The molecule has 6 heteroatoms. The van der Waals surface area contributed by atoms with E-state index in [9.17, 15) is 0 Å². The number of morpholine rings is 1. The summed E-state index contributed by atoms with van der Waals surface area (Å²) in [6.45, 7) is 3.96. The lowest BCUT2D eigenvalue weighted by atomic mass is 10.2. The van der Waals surface area contributed by atoms with Crippen molar-refractivity contribution in [1.82, 2.24) is 0 Å². The van der Waals surface area contributed by atoms with Gasteiger partial charge < -0.3 is 14.4 Å². The molecular formula is C24H22Br2N2O2. The highest BCUT2D eigenvalue weighted by Crippen LogP contribution is 2.35. The molecule has 0 spiro atoms. The van der Waals surface area contributed by atoms with Gasteiger partial charge in [-0.15, -0.1) is 0 Å². The van der Waals surface area contributed by atoms with Crippen molar-refractivity contribution in [2.45, 2.75) is 6.61 Å². The third-order valence-corrected chi connectivity index (χ3v) is 6.01. The van der Waals surface area contributed by atoms with E-state index in [-0.39, 0.29) is 0 Å². The van der Waals surface area contributed by atoms with Crippen LogP contribution in [0.1, 0.15) is 11.1 Å². The number of ether oxygens (including phenoxy) is 2. The van der Waals surface area contributed by atoms with Crippen molar-refractivity contribution in [3.63, 3.8) is 0 Å². The Labute approximate surface area is 193 Å². The van der Waals surface area contributed by atoms with E-state index in [1.807, 2.05) is 60.8 Å². The average Bonchev–Trinajstić information content (AvgIpc) is 2.79. The molecule has 154 valence electrons. The first-order chi connectivity index (χ1) is 14.7. The minimum Gasteiger partial charge on any atom is -0.487 e. The zero-order valence-electron chi connectivity index (χ0n) is 16.4. The number of nitrogens with zero attached hydrogens (tertiary/aromatic N) is 2. The molecule has 0 bridgehead atoms. The fourth-order valence-corrected chi connectivity index (χ4v) is 4.69. The highest BCUT2D eigenvalue weighted by Gasteiger charge is 2.11. The van der Waals surface area contributed by atoms with Crippen LogP contribution in [-0.2, 0) is 11.3 Å². The Bertz CT molecular complexity index is 978. The maximum Gasteiger partial charge on any atom is 0.148 e. The summed E-state index contributed by atoms with van der Waals surface area (Å²) in [5.41, 5.74) is 4.24. The Morgan fingerprint density at radius 3 is 2.27 bits per heavy atom. The van der Waals surface area contributed by atoms with Gasteiger partial charge in [0.05, 0.1) is 27.8 Å². The van der Waals surface area contributed by atoms with Gasteiger partial charge in [-0.25, -0.2) is 0 Å². The van der Waals surface area contributed by atoms with E-state index >= 15 is 0 Å². The van der Waals surface area contributed by atoms with Crippen LogP contribution in [0.5, 0.6) is 5.75 Å². The minimum atomic E-state index is 0.515. The monoisotopic (exact) mass is 528 g/mol. The largest absolute Gasteiger partial charge is 0.487 e. The van der Waals surface area contributed by atoms with Crippen molar-refractivity contribution in [2.75, 3.05) is 31.2 Å². The molecule has 0 atom stereocenters. The second-order valence-electron chi connectivity index (χ2n) is 6.96. The van der Waals surface area contributed by atoms with E-state index in [2.05, 4.69) is 53.9 Å². The zero-order chi connectivity index (χ0) is 20.8. The van der Waals surface area contributed by atoms with Gasteiger partial charge in [0.2, 0.25) is 0 Å². The number of aliphatic imine (C=N–C) groups is 1. The highest BCUT2D eigenvalue weighted by molar-refractivity contribution is 9.11. The number of hydrogen-bond donors (Lipinski definition) is 0. The Balaban J connectivity index is 1.42. The van der Waals surface area contributed by atoms with E-state index in [4.69, 9.17) is 9.47 Å². The summed E-state index contributed by atoms with van der Waals surface area (Å²) < 4.78 is 13.2. The molecule has 3 aromatic carbocycles. The lowest BCUT2D eigenvalue weighted by molar-refractivity contribution is 0.122. The normalized spacial score (nSPS) is 14.3. The Hall–Kier alpha value is -2.15. The third-order valence-electron chi connectivity index (χ3n) is 4.84. The average molecular weight is 530 g/mol. The lowest BCUT2D eigenvalue weighted by Gasteiger charge is -2.28. The summed E-state index contributed by atoms with van der Waals surface area (Å²) >= 11 is 7.24. The number of rotatable bonds is 6. The van der Waals surface area contributed by atoms with Crippen molar-refractivity contribution in [3.8, 4) is 5.75 Å². The molecule has 4 nitrogen and oxygen atoms in total. The molecule has 0 aliphatic carbocycles. The molecule has 0 amide bonds. The van der Waals surface area contributed by atoms with Crippen LogP contribution in [0.15, 0.2) is 80.7 Å². The Morgan fingerprint density at radius 2 is 1.60 bits per heavy atom. The van der Waals surface area contributed by atoms with Crippen LogP contribution >= 0.6 is 31.9 Å². The molecule has 3 aromatic rings. The van der Waals surface area contributed by atoms with Crippen molar-refractivity contribution >= 4 is 49.4 Å². The van der Waals surface area contributed by atoms with Crippen LogP contribution in [0.2, 0.25) is 0 Å². The summed E-state index contributed by atoms with van der Waals surface area (Å²) in [7, 11) is 0. The molecule has 0 radical (unpaired) electrons. The molecule has 1 aliphatic rings. The number of anilines is 1. The summed E-state index contributed by atoms with van der Waals surface area (Å²) in [6, 6.07) is 22.5. The van der Waals surface area contributed by atoms with Crippen molar-refractivity contribution in [2.24, 2.45) is 4.99 Å². The zero-order valence-corrected chi connectivity index (χ0v) is 19.6. The molecule has 0 aromatic heterocycles. The van der Waals surface area contributed by atoms with Gasteiger partial charge in [-0.1, -0.05) is 30.3 Å². The van der Waals surface area contributed by atoms with Gasteiger partial charge in [-0.3, -0.25) is 4.99 Å². The minimum absolute atomic E-state index is 0.515. The molecule has 0 unspecified atom stereocenters. The number of halogens is 2. The molecule has 1 saturated heterocycles. The van der Waals surface area contributed by atoms with Gasteiger partial charge >= 0.3 is 0 Å². The number of hydrogen-bond acceptors (Lipinski definition) is 4. The highest BCUT2D eigenvalue weighted by atomic mass is 79.9. The van der Waals surface area contributed by atoms with Crippen molar-refractivity contribution in [3.05, 3.63) is 86.8 Å². The summed E-state index contributed by atoms with van der Waals surface area (Å²) in [5, 5.41) is 0. The first-order valence-electron chi connectivity index (χ1n) is 9.81. The fourth-order valence-electron chi connectivity index (χ4n) is 3.24. The standard InChI is InChI=1S/C24H22Br2N2O2/c25-22-14-19(15-23(26)24(22)30-17-18-4-2-1-3-5-18)16-27-20-6-8-21(9-7-20)28-10-12-29-13-11-28/h1-9,14-16H,10-13,17H2. The van der Waals surface area contributed by atoms with E-state index in [0.29, 0.717) is 6.61 Å². The van der Waals surface area contributed by atoms with Crippen LogP contribution in [0, 0.1) is 0 Å². The van der Waals surface area contributed by atoms with Crippen molar-refractivity contribution in [1.29, 1.82) is 0 Å². The first-order valence-corrected chi connectivity index (χ1v) is 11.4. The quantitative estimate of drug-likeness (QED) is 0.347. The van der Waals surface area contributed by atoms with E-state index in [1.165, 1.54) is 5.69 Å². The first kappa shape index (κ1) is 21.1. The molecule has 0 N–H and O–H groups in total.